The molecule has 2 saturated heterocycles. The summed E-state index contributed by atoms with van der Waals surface area (Å²) in [6.07, 6.45) is 8.27. The van der Waals surface area contributed by atoms with Crippen LogP contribution in [0.3, 0.4) is 0 Å². The van der Waals surface area contributed by atoms with Gasteiger partial charge in [-0.05, 0) is 44.4 Å². The summed E-state index contributed by atoms with van der Waals surface area (Å²) < 4.78 is 11.4. The van der Waals surface area contributed by atoms with Crippen LogP contribution in [0.1, 0.15) is 37.3 Å². The number of hydrogen-bond donors (Lipinski definition) is 0. The average molecular weight is 339 g/mol. The molecule has 1 atom stereocenters. The van der Waals surface area contributed by atoms with Crippen molar-refractivity contribution in [2.24, 2.45) is 0 Å². The zero-order valence-corrected chi connectivity index (χ0v) is 14.5. The molecule has 4 rings (SSSR count). The Labute approximate surface area is 149 Å². The van der Waals surface area contributed by atoms with Gasteiger partial charge in [-0.3, -0.25) is 9.88 Å². The maximum atomic E-state index is 5.85. The number of nitrogens with zero attached hydrogens (tertiary/aromatic N) is 3. The maximum Gasteiger partial charge on any atom is 0.238 e. The smallest absolute Gasteiger partial charge is 0.238 e. The Kier molecular flexibility index (Phi) is 5.23. The summed E-state index contributed by atoms with van der Waals surface area (Å²) in [5.41, 5.74) is 1.05. The minimum Gasteiger partial charge on any atom is -0.437 e. The number of ether oxygens (including phenoxy) is 2. The van der Waals surface area contributed by atoms with E-state index < -0.39 is 0 Å². The van der Waals surface area contributed by atoms with Crippen LogP contribution in [-0.4, -0.2) is 47.2 Å². The zero-order chi connectivity index (χ0) is 16.9. The van der Waals surface area contributed by atoms with E-state index in [1.807, 2.05) is 36.5 Å². The average Bonchev–Trinajstić information content (AvgIpc) is 2.70. The lowest BCUT2D eigenvalue weighted by atomic mass is 9.92. The van der Waals surface area contributed by atoms with Gasteiger partial charge < -0.3 is 9.47 Å². The predicted molar refractivity (Wildman–Crippen MR) is 95.9 cm³/mol. The summed E-state index contributed by atoms with van der Waals surface area (Å²) in [7, 11) is 0. The Morgan fingerprint density at radius 3 is 2.72 bits per heavy atom. The molecule has 2 aromatic rings. The van der Waals surface area contributed by atoms with Crippen LogP contribution in [0.15, 0.2) is 42.7 Å². The number of hydrogen-bond acceptors (Lipinski definition) is 5. The summed E-state index contributed by atoms with van der Waals surface area (Å²) >= 11 is 0. The zero-order valence-electron chi connectivity index (χ0n) is 14.5. The second kappa shape index (κ2) is 7.93. The van der Waals surface area contributed by atoms with Crippen LogP contribution in [0.4, 0.5) is 0 Å². The van der Waals surface area contributed by atoms with Gasteiger partial charge in [-0.2, -0.15) is 0 Å². The van der Waals surface area contributed by atoms with Gasteiger partial charge in [-0.25, -0.2) is 4.98 Å². The van der Waals surface area contributed by atoms with E-state index in [1.54, 1.807) is 6.20 Å². The highest BCUT2D eigenvalue weighted by Crippen LogP contribution is 2.30. The van der Waals surface area contributed by atoms with Gasteiger partial charge in [0.15, 0.2) is 0 Å². The molecule has 2 aliphatic rings. The van der Waals surface area contributed by atoms with Crippen molar-refractivity contribution in [3.63, 3.8) is 0 Å². The summed E-state index contributed by atoms with van der Waals surface area (Å²) in [6, 6.07) is 10.4. The van der Waals surface area contributed by atoms with Crippen molar-refractivity contribution in [3.05, 3.63) is 48.4 Å². The molecule has 132 valence electrons. The molecule has 0 saturated carbocycles. The summed E-state index contributed by atoms with van der Waals surface area (Å²) in [4.78, 5) is 11.7. The minimum atomic E-state index is 0.434. The highest BCUT2D eigenvalue weighted by molar-refractivity contribution is 5.26. The second-order valence-electron chi connectivity index (χ2n) is 6.87. The van der Waals surface area contributed by atoms with Crippen molar-refractivity contribution < 1.29 is 9.47 Å². The van der Waals surface area contributed by atoms with Gasteiger partial charge >= 0.3 is 0 Å². The summed E-state index contributed by atoms with van der Waals surface area (Å²) in [6.45, 7) is 4.04. The highest BCUT2D eigenvalue weighted by Gasteiger charge is 2.28. The molecule has 1 unspecified atom stereocenters. The van der Waals surface area contributed by atoms with Crippen molar-refractivity contribution in [2.45, 2.75) is 37.6 Å². The molecule has 1 aromatic carbocycles. The van der Waals surface area contributed by atoms with Gasteiger partial charge in [0, 0.05) is 37.9 Å². The molecule has 0 radical (unpaired) electrons. The van der Waals surface area contributed by atoms with Crippen molar-refractivity contribution in [1.29, 1.82) is 0 Å². The van der Waals surface area contributed by atoms with Crippen molar-refractivity contribution >= 4 is 0 Å². The Morgan fingerprint density at radius 1 is 1.04 bits per heavy atom. The largest absolute Gasteiger partial charge is 0.437 e. The Morgan fingerprint density at radius 2 is 1.88 bits per heavy atom. The molecule has 1 aromatic heterocycles. The maximum absolute atomic E-state index is 5.85. The lowest BCUT2D eigenvalue weighted by Gasteiger charge is -2.39. The lowest BCUT2D eigenvalue weighted by molar-refractivity contribution is 0.0237. The molecule has 0 bridgehead atoms. The van der Waals surface area contributed by atoms with E-state index in [9.17, 15) is 0 Å². The standard InChI is InChI=1S/C20H25N3O2/c1-2-6-18(7-3-1)25-20-14-21-13-19(22-20)16-5-4-10-23(15-16)17-8-11-24-12-9-17/h1-3,6-7,13-14,16-17H,4-5,8-12,15H2. The number of aromatic nitrogens is 2. The molecule has 5 nitrogen and oxygen atoms in total. The monoisotopic (exact) mass is 339 g/mol. The number of rotatable bonds is 4. The van der Waals surface area contributed by atoms with E-state index in [2.05, 4.69) is 9.88 Å². The van der Waals surface area contributed by atoms with Gasteiger partial charge in [0.25, 0.3) is 0 Å². The van der Waals surface area contributed by atoms with E-state index in [4.69, 9.17) is 14.5 Å². The first-order chi connectivity index (χ1) is 12.4. The fourth-order valence-corrected chi connectivity index (χ4v) is 3.85. The van der Waals surface area contributed by atoms with Gasteiger partial charge in [0.2, 0.25) is 5.88 Å². The SMILES string of the molecule is c1ccc(Oc2cncc(C3CCCN(C4CCOCC4)C3)n2)cc1. The fraction of sp³-hybridized carbons (Fsp3) is 0.500. The van der Waals surface area contributed by atoms with E-state index in [1.165, 1.54) is 19.4 Å². The number of para-hydroxylation sites is 1. The Bertz CT molecular complexity index is 674. The van der Waals surface area contributed by atoms with Crippen molar-refractivity contribution in [2.75, 3.05) is 26.3 Å². The third-order valence-corrected chi connectivity index (χ3v) is 5.18. The van der Waals surface area contributed by atoms with Gasteiger partial charge in [-0.15, -0.1) is 0 Å². The van der Waals surface area contributed by atoms with Crippen LogP contribution in [0.25, 0.3) is 0 Å². The molecule has 3 heterocycles. The molecule has 0 amide bonds. The van der Waals surface area contributed by atoms with Crippen LogP contribution < -0.4 is 4.74 Å². The van der Waals surface area contributed by atoms with Gasteiger partial charge in [-0.1, -0.05) is 18.2 Å². The number of benzene rings is 1. The first-order valence-electron chi connectivity index (χ1n) is 9.25. The van der Waals surface area contributed by atoms with E-state index >= 15 is 0 Å². The first kappa shape index (κ1) is 16.5. The molecule has 5 heteroatoms. The third-order valence-electron chi connectivity index (χ3n) is 5.18. The quantitative estimate of drug-likeness (QED) is 0.851. The van der Waals surface area contributed by atoms with Crippen molar-refractivity contribution in [3.8, 4) is 11.6 Å². The lowest BCUT2D eigenvalue weighted by Crippen LogP contribution is -2.44. The summed E-state index contributed by atoms with van der Waals surface area (Å²) in [5.74, 6) is 1.80. The normalized spacial score (nSPS) is 22.6. The highest BCUT2D eigenvalue weighted by atomic mass is 16.5. The molecule has 2 aliphatic heterocycles. The third kappa shape index (κ3) is 4.17. The predicted octanol–water partition coefficient (Wildman–Crippen LogP) is 3.63. The van der Waals surface area contributed by atoms with E-state index in [0.717, 1.165) is 44.0 Å². The summed E-state index contributed by atoms with van der Waals surface area (Å²) in [5, 5.41) is 0. The van der Waals surface area contributed by atoms with Crippen LogP contribution in [-0.2, 0) is 4.74 Å². The molecular formula is C20H25N3O2. The Balaban J connectivity index is 1.44. The van der Waals surface area contributed by atoms with Crippen LogP contribution in [0.5, 0.6) is 11.6 Å². The molecule has 25 heavy (non-hydrogen) atoms. The van der Waals surface area contributed by atoms with Crippen LogP contribution in [0, 0.1) is 0 Å². The van der Waals surface area contributed by atoms with Crippen LogP contribution in [0.2, 0.25) is 0 Å². The van der Waals surface area contributed by atoms with Crippen molar-refractivity contribution in [1.82, 2.24) is 14.9 Å². The molecule has 2 fully saturated rings. The van der Waals surface area contributed by atoms with E-state index in [0.29, 0.717) is 17.8 Å². The number of likely N-dealkylation sites (tertiary alicyclic amines) is 1. The fourth-order valence-electron chi connectivity index (χ4n) is 3.85. The van der Waals surface area contributed by atoms with E-state index in [-0.39, 0.29) is 0 Å². The molecule has 0 aliphatic carbocycles. The minimum absolute atomic E-state index is 0.434. The molecule has 0 spiro atoms. The van der Waals surface area contributed by atoms with Crippen LogP contribution >= 0.6 is 0 Å². The van der Waals surface area contributed by atoms with Gasteiger partial charge in [0.1, 0.15) is 5.75 Å². The molecule has 0 N–H and O–H groups in total. The second-order valence-corrected chi connectivity index (χ2v) is 6.87. The number of piperidine rings is 1. The topological polar surface area (TPSA) is 47.5 Å². The first-order valence-corrected chi connectivity index (χ1v) is 9.25. The molecular weight excluding hydrogens is 314 g/mol. The van der Waals surface area contributed by atoms with Gasteiger partial charge in [0.05, 0.1) is 11.9 Å². The Hall–Kier alpha value is -1.98.